The Morgan fingerprint density at radius 3 is 1.55 bits per heavy atom. The molecule has 0 bridgehead atoms. The summed E-state index contributed by atoms with van der Waals surface area (Å²) in [5.41, 5.74) is 14.3. The van der Waals surface area contributed by atoms with Crippen molar-refractivity contribution < 1.29 is 4.42 Å². The van der Waals surface area contributed by atoms with Gasteiger partial charge in [-0.25, -0.2) is 0 Å². The highest BCUT2D eigenvalue weighted by Crippen LogP contribution is 2.48. The SMILES string of the molecule is c1ccc(-c2ccc(-c3ccc(N(c4cccc(-c5ccccc5)c4)c4ccc(-c5cc6ccccc6c6ccccc56)c5oc6ccccc6c45)cc3)cc2)cc1. The van der Waals surface area contributed by atoms with Crippen LogP contribution >= 0.6 is 0 Å². The lowest BCUT2D eigenvalue weighted by Gasteiger charge is -2.27. The van der Waals surface area contributed by atoms with Gasteiger partial charge in [-0.2, -0.15) is 0 Å². The summed E-state index contributed by atoms with van der Waals surface area (Å²) in [6.07, 6.45) is 0. The maximum Gasteiger partial charge on any atom is 0.145 e. The number of anilines is 3. The molecule has 1 heterocycles. The van der Waals surface area contributed by atoms with E-state index in [1.54, 1.807) is 0 Å². The van der Waals surface area contributed by atoms with E-state index in [2.05, 4.69) is 229 Å². The Kier molecular flexibility index (Phi) is 8.19. The number of furan rings is 1. The van der Waals surface area contributed by atoms with Crippen LogP contribution < -0.4 is 4.90 Å². The number of para-hydroxylation sites is 1. The van der Waals surface area contributed by atoms with Crippen LogP contribution in [0.1, 0.15) is 0 Å². The zero-order valence-corrected chi connectivity index (χ0v) is 31.7. The predicted octanol–water partition coefficient (Wildman–Crippen LogP) is 16.0. The zero-order chi connectivity index (χ0) is 38.4. The third kappa shape index (κ3) is 5.82. The summed E-state index contributed by atoms with van der Waals surface area (Å²) < 4.78 is 6.95. The van der Waals surface area contributed by atoms with E-state index in [0.29, 0.717) is 0 Å². The molecule has 0 aliphatic rings. The molecule has 2 nitrogen and oxygen atoms in total. The second-order valence-corrected chi connectivity index (χ2v) is 14.9. The summed E-state index contributed by atoms with van der Waals surface area (Å²) in [4.78, 5) is 2.39. The number of nitrogens with zero attached hydrogens (tertiary/aromatic N) is 1. The van der Waals surface area contributed by atoms with Crippen LogP contribution in [0.2, 0.25) is 0 Å². The molecular weight excluding hydrogens is 703 g/mol. The van der Waals surface area contributed by atoms with Crippen LogP contribution in [0.15, 0.2) is 229 Å². The van der Waals surface area contributed by atoms with Gasteiger partial charge in [0.2, 0.25) is 0 Å². The van der Waals surface area contributed by atoms with Crippen LogP contribution in [0.5, 0.6) is 0 Å². The first-order valence-corrected chi connectivity index (χ1v) is 19.8. The highest BCUT2D eigenvalue weighted by molar-refractivity contribution is 6.21. The Morgan fingerprint density at radius 1 is 0.310 bits per heavy atom. The van der Waals surface area contributed by atoms with Crippen LogP contribution in [-0.2, 0) is 0 Å². The molecule has 0 atom stereocenters. The van der Waals surface area contributed by atoms with Crippen LogP contribution in [0.4, 0.5) is 17.1 Å². The molecule has 0 spiro atoms. The second-order valence-electron chi connectivity index (χ2n) is 14.9. The number of rotatable bonds is 7. The molecule has 0 saturated carbocycles. The molecule has 1 aromatic heterocycles. The summed E-state index contributed by atoms with van der Waals surface area (Å²) in [5, 5.41) is 7.06. The van der Waals surface area contributed by atoms with Crippen LogP contribution in [-0.4, -0.2) is 0 Å². The van der Waals surface area contributed by atoms with Gasteiger partial charge in [-0.1, -0.05) is 176 Å². The molecule has 0 radical (unpaired) electrons. The summed E-state index contributed by atoms with van der Waals surface area (Å²) in [6.45, 7) is 0. The third-order valence-corrected chi connectivity index (χ3v) is 11.5. The van der Waals surface area contributed by atoms with Gasteiger partial charge in [0.15, 0.2) is 0 Å². The van der Waals surface area contributed by atoms with E-state index in [1.165, 1.54) is 49.4 Å². The van der Waals surface area contributed by atoms with E-state index >= 15 is 0 Å². The van der Waals surface area contributed by atoms with Crippen molar-refractivity contribution in [2.24, 2.45) is 0 Å². The van der Waals surface area contributed by atoms with Gasteiger partial charge in [0.1, 0.15) is 11.2 Å². The molecule has 0 N–H and O–H groups in total. The van der Waals surface area contributed by atoms with Gasteiger partial charge < -0.3 is 9.32 Å². The zero-order valence-electron chi connectivity index (χ0n) is 31.7. The van der Waals surface area contributed by atoms with Crippen molar-refractivity contribution in [1.29, 1.82) is 0 Å². The van der Waals surface area contributed by atoms with Crippen molar-refractivity contribution in [2.75, 3.05) is 4.90 Å². The van der Waals surface area contributed by atoms with Crippen LogP contribution in [0.3, 0.4) is 0 Å². The minimum Gasteiger partial charge on any atom is -0.455 e. The van der Waals surface area contributed by atoms with Crippen LogP contribution in [0, 0.1) is 0 Å². The quantitative estimate of drug-likeness (QED) is 0.151. The van der Waals surface area contributed by atoms with Crippen molar-refractivity contribution in [1.82, 2.24) is 0 Å². The van der Waals surface area contributed by atoms with Gasteiger partial charge in [-0.15, -0.1) is 0 Å². The summed E-state index contributed by atoms with van der Waals surface area (Å²) >= 11 is 0. The highest BCUT2D eigenvalue weighted by atomic mass is 16.3. The topological polar surface area (TPSA) is 16.4 Å². The van der Waals surface area contributed by atoms with Gasteiger partial charge in [0.25, 0.3) is 0 Å². The molecule has 10 aromatic carbocycles. The summed E-state index contributed by atoms with van der Waals surface area (Å²) in [7, 11) is 0. The Balaban J connectivity index is 1.11. The van der Waals surface area contributed by atoms with Gasteiger partial charge in [-0.3, -0.25) is 0 Å². The number of hydrogen-bond acceptors (Lipinski definition) is 2. The molecule has 0 unspecified atom stereocenters. The van der Waals surface area contributed by atoms with E-state index in [1.807, 2.05) is 0 Å². The van der Waals surface area contributed by atoms with Gasteiger partial charge in [0, 0.05) is 22.3 Å². The monoisotopic (exact) mass is 739 g/mol. The Labute approximate surface area is 337 Å². The average molecular weight is 740 g/mol. The molecule has 0 aliphatic heterocycles. The lowest BCUT2D eigenvalue weighted by atomic mass is 9.92. The number of fused-ring (bicyclic) bond motifs is 6. The summed E-state index contributed by atoms with van der Waals surface area (Å²) in [5.74, 6) is 0. The average Bonchev–Trinajstić information content (AvgIpc) is 3.70. The van der Waals surface area contributed by atoms with E-state index in [0.717, 1.165) is 55.7 Å². The minimum absolute atomic E-state index is 0.864. The molecule has 11 aromatic rings. The molecule has 58 heavy (non-hydrogen) atoms. The third-order valence-electron chi connectivity index (χ3n) is 11.5. The second kappa shape index (κ2) is 14.1. The van der Waals surface area contributed by atoms with Crippen LogP contribution in [0.25, 0.3) is 88.0 Å². The van der Waals surface area contributed by atoms with E-state index in [-0.39, 0.29) is 0 Å². The normalized spacial score (nSPS) is 11.4. The van der Waals surface area contributed by atoms with Crippen molar-refractivity contribution in [3.8, 4) is 44.5 Å². The predicted molar refractivity (Wildman–Crippen MR) is 245 cm³/mol. The lowest BCUT2D eigenvalue weighted by Crippen LogP contribution is -2.10. The smallest absolute Gasteiger partial charge is 0.145 e. The standard InChI is InChI=1S/C56H37NO/c1-3-14-38(15-4-1)40-26-28-41(29-27-40)42-30-32-45(33-31-42)57(46-20-13-19-43(36-46)39-16-5-2-6-17-39)53-35-34-50(56-55(53)51-24-11-12-25-54(51)58-56)52-37-44-18-7-8-21-47(44)48-22-9-10-23-49(48)52/h1-37H. The fourth-order valence-electron chi connectivity index (χ4n) is 8.66. The molecule has 0 amide bonds. The number of hydrogen-bond donors (Lipinski definition) is 0. The first kappa shape index (κ1) is 33.6. The van der Waals surface area contributed by atoms with Gasteiger partial charge >= 0.3 is 0 Å². The van der Waals surface area contributed by atoms with Gasteiger partial charge in [0.05, 0.1) is 11.1 Å². The Morgan fingerprint density at radius 2 is 0.845 bits per heavy atom. The maximum atomic E-state index is 6.95. The molecule has 272 valence electrons. The fraction of sp³-hybridized carbons (Fsp3) is 0. The molecule has 0 aliphatic carbocycles. The first-order valence-electron chi connectivity index (χ1n) is 19.8. The van der Waals surface area contributed by atoms with Crippen molar-refractivity contribution >= 4 is 60.5 Å². The van der Waals surface area contributed by atoms with Crippen molar-refractivity contribution in [3.63, 3.8) is 0 Å². The van der Waals surface area contributed by atoms with E-state index in [9.17, 15) is 0 Å². The van der Waals surface area contributed by atoms with Crippen molar-refractivity contribution in [3.05, 3.63) is 224 Å². The lowest BCUT2D eigenvalue weighted by molar-refractivity contribution is 0.670. The first-order chi connectivity index (χ1) is 28.8. The Bertz CT molecular complexity index is 3250. The number of benzene rings is 10. The highest BCUT2D eigenvalue weighted by Gasteiger charge is 2.23. The van der Waals surface area contributed by atoms with E-state index in [4.69, 9.17) is 4.42 Å². The Hall–Kier alpha value is -7.68. The minimum atomic E-state index is 0.864. The molecule has 11 rings (SSSR count). The summed E-state index contributed by atoms with van der Waals surface area (Å²) in [6, 6.07) is 80.5. The molecule has 0 fully saturated rings. The fourth-order valence-corrected chi connectivity index (χ4v) is 8.66. The molecule has 2 heteroatoms. The molecular formula is C56H37NO. The van der Waals surface area contributed by atoms with E-state index < -0.39 is 0 Å². The molecule has 0 saturated heterocycles. The largest absolute Gasteiger partial charge is 0.455 e. The maximum absolute atomic E-state index is 6.95. The van der Waals surface area contributed by atoms with Gasteiger partial charge in [-0.05, 0) is 109 Å². The van der Waals surface area contributed by atoms with Crippen molar-refractivity contribution in [2.45, 2.75) is 0 Å².